The van der Waals surface area contributed by atoms with Gasteiger partial charge in [-0.1, -0.05) is 60.7 Å². The molecule has 0 spiro atoms. The number of nitriles is 1. The first-order chi connectivity index (χ1) is 10.3. The minimum Gasteiger partial charge on any atom is -0.376 e. The van der Waals surface area contributed by atoms with Crippen LogP contribution in [0.3, 0.4) is 0 Å². The maximum absolute atomic E-state index is 9.89. The number of likely N-dealkylation sites (tertiary alicyclic amines) is 1. The number of hydrogen-bond donors (Lipinski definition) is 1. The van der Waals surface area contributed by atoms with Gasteiger partial charge in [-0.15, -0.1) is 0 Å². The Morgan fingerprint density at radius 1 is 1.00 bits per heavy atom. The van der Waals surface area contributed by atoms with E-state index in [1.54, 1.807) is 0 Å². The number of rotatable bonds is 4. The first kappa shape index (κ1) is 13.8. The van der Waals surface area contributed by atoms with Gasteiger partial charge >= 0.3 is 0 Å². The van der Waals surface area contributed by atoms with Gasteiger partial charge < -0.3 is 5.11 Å². The highest BCUT2D eigenvalue weighted by Gasteiger charge is 2.39. The van der Waals surface area contributed by atoms with Crippen molar-refractivity contribution in [3.05, 3.63) is 71.8 Å². The summed E-state index contributed by atoms with van der Waals surface area (Å²) in [4.78, 5) is 2.22. The van der Waals surface area contributed by atoms with Gasteiger partial charge in [-0.2, -0.15) is 5.26 Å². The molecule has 1 N–H and O–H groups in total. The van der Waals surface area contributed by atoms with Gasteiger partial charge in [0.05, 0.1) is 18.2 Å². The SMILES string of the molecule is N#CC(O)C1CCN1C(c1ccccc1)c1ccccc1. The molecule has 1 aliphatic rings. The molecule has 0 saturated carbocycles. The van der Waals surface area contributed by atoms with E-state index in [9.17, 15) is 5.11 Å². The third-order valence-corrected chi connectivity index (χ3v) is 4.17. The van der Waals surface area contributed by atoms with E-state index in [4.69, 9.17) is 5.26 Å². The highest BCUT2D eigenvalue weighted by Crippen LogP contribution is 2.36. The molecule has 1 heterocycles. The van der Waals surface area contributed by atoms with Gasteiger partial charge in [0.15, 0.2) is 6.10 Å². The lowest BCUT2D eigenvalue weighted by Crippen LogP contribution is -2.55. The lowest BCUT2D eigenvalue weighted by atomic mass is 9.88. The smallest absolute Gasteiger partial charge is 0.155 e. The molecule has 106 valence electrons. The lowest BCUT2D eigenvalue weighted by Gasteiger charge is -2.47. The van der Waals surface area contributed by atoms with Crippen LogP contribution in [0.5, 0.6) is 0 Å². The average molecular weight is 278 g/mol. The zero-order valence-electron chi connectivity index (χ0n) is 11.8. The van der Waals surface area contributed by atoms with E-state index in [0.29, 0.717) is 0 Å². The van der Waals surface area contributed by atoms with Gasteiger partial charge in [-0.3, -0.25) is 4.90 Å². The molecule has 0 aliphatic carbocycles. The molecule has 0 aromatic heterocycles. The normalized spacial score (nSPS) is 19.8. The third-order valence-electron chi connectivity index (χ3n) is 4.17. The molecule has 0 amide bonds. The van der Waals surface area contributed by atoms with Crippen LogP contribution in [0.2, 0.25) is 0 Å². The fourth-order valence-corrected chi connectivity index (χ4v) is 3.02. The zero-order chi connectivity index (χ0) is 14.7. The van der Waals surface area contributed by atoms with Crippen molar-refractivity contribution in [3.63, 3.8) is 0 Å². The number of hydrogen-bond acceptors (Lipinski definition) is 3. The Bertz CT molecular complexity index is 581. The molecule has 21 heavy (non-hydrogen) atoms. The second kappa shape index (κ2) is 6.09. The van der Waals surface area contributed by atoms with E-state index in [2.05, 4.69) is 29.2 Å². The van der Waals surface area contributed by atoms with Crippen LogP contribution in [0.1, 0.15) is 23.6 Å². The van der Waals surface area contributed by atoms with Gasteiger partial charge in [0.25, 0.3) is 0 Å². The van der Waals surface area contributed by atoms with Gasteiger partial charge in [0.2, 0.25) is 0 Å². The van der Waals surface area contributed by atoms with E-state index in [-0.39, 0.29) is 12.1 Å². The topological polar surface area (TPSA) is 47.3 Å². The zero-order valence-corrected chi connectivity index (χ0v) is 11.8. The van der Waals surface area contributed by atoms with Crippen molar-refractivity contribution < 1.29 is 5.11 Å². The molecular weight excluding hydrogens is 260 g/mol. The fraction of sp³-hybridized carbons (Fsp3) is 0.278. The summed E-state index contributed by atoms with van der Waals surface area (Å²) in [5.41, 5.74) is 2.39. The standard InChI is InChI=1S/C18H18N2O/c19-13-17(21)16-11-12-20(16)18(14-7-3-1-4-8-14)15-9-5-2-6-10-15/h1-10,16-18,21H,11-12H2. The van der Waals surface area contributed by atoms with Gasteiger partial charge in [-0.25, -0.2) is 0 Å². The Morgan fingerprint density at radius 2 is 1.52 bits per heavy atom. The highest BCUT2D eigenvalue weighted by molar-refractivity contribution is 5.33. The first-order valence-electron chi connectivity index (χ1n) is 7.24. The molecule has 1 aliphatic heterocycles. The van der Waals surface area contributed by atoms with Crippen molar-refractivity contribution in [2.75, 3.05) is 6.54 Å². The monoisotopic (exact) mass is 278 g/mol. The molecule has 3 nitrogen and oxygen atoms in total. The van der Waals surface area contributed by atoms with Gasteiger partial charge in [0, 0.05) is 6.54 Å². The maximum Gasteiger partial charge on any atom is 0.155 e. The summed E-state index contributed by atoms with van der Waals surface area (Å²) < 4.78 is 0. The number of benzene rings is 2. The van der Waals surface area contributed by atoms with E-state index in [0.717, 1.165) is 13.0 Å². The fourth-order valence-electron chi connectivity index (χ4n) is 3.02. The Kier molecular flexibility index (Phi) is 4.01. The van der Waals surface area contributed by atoms with Crippen molar-refractivity contribution in [2.24, 2.45) is 0 Å². The van der Waals surface area contributed by atoms with Crippen LogP contribution in [0.15, 0.2) is 60.7 Å². The summed E-state index contributed by atoms with van der Waals surface area (Å²) in [6.07, 6.45) is -0.0566. The molecule has 0 radical (unpaired) electrons. The summed E-state index contributed by atoms with van der Waals surface area (Å²) in [7, 11) is 0. The van der Waals surface area contributed by atoms with Crippen LogP contribution in [-0.4, -0.2) is 28.7 Å². The van der Waals surface area contributed by atoms with E-state index < -0.39 is 6.10 Å². The second-order valence-electron chi connectivity index (χ2n) is 5.39. The van der Waals surface area contributed by atoms with Crippen LogP contribution < -0.4 is 0 Å². The van der Waals surface area contributed by atoms with E-state index in [1.165, 1.54) is 11.1 Å². The summed E-state index contributed by atoms with van der Waals surface area (Å²) in [6, 6.07) is 22.5. The summed E-state index contributed by atoms with van der Waals surface area (Å²) in [5, 5.41) is 18.9. The van der Waals surface area contributed by atoms with Crippen LogP contribution in [0, 0.1) is 11.3 Å². The number of aliphatic hydroxyl groups excluding tert-OH is 1. The predicted octanol–water partition coefficient (Wildman–Crippen LogP) is 2.73. The van der Waals surface area contributed by atoms with Crippen molar-refractivity contribution in [1.82, 2.24) is 4.90 Å². The van der Waals surface area contributed by atoms with Crippen molar-refractivity contribution in [2.45, 2.75) is 24.6 Å². The largest absolute Gasteiger partial charge is 0.376 e. The van der Waals surface area contributed by atoms with E-state index >= 15 is 0 Å². The Hall–Kier alpha value is -2.15. The molecule has 2 unspecified atom stereocenters. The second-order valence-corrected chi connectivity index (χ2v) is 5.39. The molecule has 2 aromatic carbocycles. The van der Waals surface area contributed by atoms with Crippen LogP contribution in [-0.2, 0) is 0 Å². The summed E-state index contributed by atoms with van der Waals surface area (Å²) >= 11 is 0. The summed E-state index contributed by atoms with van der Waals surface area (Å²) in [6.45, 7) is 0.901. The quantitative estimate of drug-likeness (QED) is 0.875. The van der Waals surface area contributed by atoms with Crippen molar-refractivity contribution >= 4 is 0 Å². The van der Waals surface area contributed by atoms with E-state index in [1.807, 2.05) is 42.5 Å². The number of nitrogens with zero attached hydrogens (tertiary/aromatic N) is 2. The van der Waals surface area contributed by atoms with Crippen LogP contribution in [0.25, 0.3) is 0 Å². The van der Waals surface area contributed by atoms with Gasteiger partial charge in [0.1, 0.15) is 0 Å². The van der Waals surface area contributed by atoms with Crippen LogP contribution >= 0.6 is 0 Å². The molecule has 1 fully saturated rings. The van der Waals surface area contributed by atoms with Crippen molar-refractivity contribution in [1.29, 1.82) is 5.26 Å². The molecule has 2 atom stereocenters. The minimum atomic E-state index is -0.923. The minimum absolute atomic E-state index is 0.0830. The summed E-state index contributed by atoms with van der Waals surface area (Å²) in [5.74, 6) is 0. The molecule has 1 saturated heterocycles. The predicted molar refractivity (Wildman–Crippen MR) is 81.5 cm³/mol. The average Bonchev–Trinajstić information content (AvgIpc) is 2.52. The number of aliphatic hydroxyl groups is 1. The molecule has 3 heteroatoms. The van der Waals surface area contributed by atoms with Crippen LogP contribution in [0.4, 0.5) is 0 Å². The first-order valence-corrected chi connectivity index (χ1v) is 7.24. The van der Waals surface area contributed by atoms with Gasteiger partial charge in [-0.05, 0) is 17.5 Å². The third kappa shape index (κ3) is 2.69. The molecule has 0 bridgehead atoms. The highest BCUT2D eigenvalue weighted by atomic mass is 16.3. The Balaban J connectivity index is 1.96. The maximum atomic E-state index is 9.89. The Morgan fingerprint density at radius 3 is 1.90 bits per heavy atom. The Labute approximate surface area is 125 Å². The molecular formula is C18H18N2O. The van der Waals surface area contributed by atoms with Crippen molar-refractivity contribution in [3.8, 4) is 6.07 Å². The molecule has 3 rings (SSSR count). The molecule has 2 aromatic rings. The lowest BCUT2D eigenvalue weighted by molar-refractivity contribution is -0.00989.